The van der Waals surface area contributed by atoms with E-state index in [2.05, 4.69) is 29.4 Å². The van der Waals surface area contributed by atoms with Gasteiger partial charge < -0.3 is 10.1 Å². The van der Waals surface area contributed by atoms with Crippen LogP contribution in [0.15, 0.2) is 36.5 Å². The van der Waals surface area contributed by atoms with Gasteiger partial charge in [0.1, 0.15) is 6.61 Å². The van der Waals surface area contributed by atoms with Gasteiger partial charge in [0, 0.05) is 23.7 Å². The number of nitrogens with one attached hydrogen (secondary N) is 1. The second-order valence-corrected chi connectivity index (χ2v) is 6.21. The van der Waals surface area contributed by atoms with Crippen molar-refractivity contribution in [1.82, 2.24) is 10.3 Å². The zero-order valence-corrected chi connectivity index (χ0v) is 11.8. The molecule has 2 aromatic rings. The van der Waals surface area contributed by atoms with Crippen molar-refractivity contribution >= 4 is 10.8 Å². The minimum atomic E-state index is 0.466. The first kappa shape index (κ1) is 12.2. The van der Waals surface area contributed by atoms with Crippen LogP contribution in [0.2, 0.25) is 0 Å². The molecule has 20 heavy (non-hydrogen) atoms. The lowest BCUT2D eigenvalue weighted by atomic mass is 9.66. The molecule has 0 radical (unpaired) electrons. The SMILES string of the molecule is CC1C2CC(C2)NC1COc1nccc2ccccc12. The zero-order valence-electron chi connectivity index (χ0n) is 11.8. The molecule has 1 aliphatic carbocycles. The number of piperidine rings is 2. The third-order valence-electron chi connectivity index (χ3n) is 5.04. The van der Waals surface area contributed by atoms with Crippen LogP contribution in [0.1, 0.15) is 19.8 Å². The van der Waals surface area contributed by atoms with Gasteiger partial charge >= 0.3 is 0 Å². The zero-order chi connectivity index (χ0) is 13.5. The van der Waals surface area contributed by atoms with Crippen molar-refractivity contribution in [3.63, 3.8) is 0 Å². The summed E-state index contributed by atoms with van der Waals surface area (Å²) in [6, 6.07) is 11.5. The van der Waals surface area contributed by atoms with Gasteiger partial charge in [0.05, 0.1) is 0 Å². The second-order valence-electron chi connectivity index (χ2n) is 6.21. The molecule has 2 bridgehead atoms. The first-order chi connectivity index (χ1) is 9.81. The van der Waals surface area contributed by atoms with Crippen molar-refractivity contribution in [1.29, 1.82) is 0 Å². The number of ether oxygens (including phenoxy) is 1. The smallest absolute Gasteiger partial charge is 0.221 e. The summed E-state index contributed by atoms with van der Waals surface area (Å²) in [6.07, 6.45) is 4.53. The number of hydrogen-bond acceptors (Lipinski definition) is 3. The predicted molar refractivity (Wildman–Crippen MR) is 79.8 cm³/mol. The minimum Gasteiger partial charge on any atom is -0.476 e. The summed E-state index contributed by atoms with van der Waals surface area (Å²) >= 11 is 0. The van der Waals surface area contributed by atoms with Crippen molar-refractivity contribution in [3.05, 3.63) is 36.5 Å². The van der Waals surface area contributed by atoms with Gasteiger partial charge in [0.25, 0.3) is 0 Å². The van der Waals surface area contributed by atoms with E-state index in [4.69, 9.17) is 4.74 Å². The van der Waals surface area contributed by atoms with Gasteiger partial charge in [-0.1, -0.05) is 25.1 Å². The first-order valence-corrected chi connectivity index (χ1v) is 7.54. The number of aromatic nitrogens is 1. The van der Waals surface area contributed by atoms with Crippen molar-refractivity contribution in [2.45, 2.75) is 31.8 Å². The molecule has 1 aromatic carbocycles. The highest BCUT2D eigenvalue weighted by Crippen LogP contribution is 2.40. The average molecular weight is 268 g/mol. The molecule has 5 rings (SSSR count). The van der Waals surface area contributed by atoms with E-state index in [0.717, 1.165) is 29.8 Å². The summed E-state index contributed by atoms with van der Waals surface area (Å²) in [5, 5.41) is 5.98. The van der Waals surface area contributed by atoms with Crippen LogP contribution in [0.25, 0.3) is 10.8 Å². The molecule has 3 fully saturated rings. The topological polar surface area (TPSA) is 34.1 Å². The molecule has 1 aromatic heterocycles. The van der Waals surface area contributed by atoms with Crippen molar-refractivity contribution < 1.29 is 4.74 Å². The maximum absolute atomic E-state index is 6.02. The van der Waals surface area contributed by atoms with Crippen LogP contribution in [-0.2, 0) is 0 Å². The van der Waals surface area contributed by atoms with Gasteiger partial charge in [-0.3, -0.25) is 0 Å². The highest BCUT2D eigenvalue weighted by molar-refractivity contribution is 5.86. The maximum Gasteiger partial charge on any atom is 0.221 e. The van der Waals surface area contributed by atoms with E-state index in [-0.39, 0.29) is 0 Å². The van der Waals surface area contributed by atoms with Gasteiger partial charge in [-0.2, -0.15) is 0 Å². The fourth-order valence-corrected chi connectivity index (χ4v) is 3.59. The molecule has 2 atom stereocenters. The Bertz CT molecular complexity index is 616. The summed E-state index contributed by atoms with van der Waals surface area (Å²) in [7, 11) is 0. The highest BCUT2D eigenvalue weighted by Gasteiger charge is 2.43. The summed E-state index contributed by atoms with van der Waals surface area (Å²) in [6.45, 7) is 3.06. The van der Waals surface area contributed by atoms with Gasteiger partial charge in [-0.15, -0.1) is 0 Å². The number of rotatable bonds is 3. The Balaban J connectivity index is 1.51. The number of fused-ring (bicyclic) bond motifs is 3. The Morgan fingerprint density at radius 3 is 2.95 bits per heavy atom. The van der Waals surface area contributed by atoms with Crippen LogP contribution in [0.5, 0.6) is 5.88 Å². The van der Waals surface area contributed by atoms with E-state index in [1.54, 1.807) is 0 Å². The molecule has 2 aliphatic heterocycles. The Kier molecular flexibility index (Phi) is 2.88. The molecular weight excluding hydrogens is 248 g/mol. The molecule has 2 unspecified atom stereocenters. The lowest BCUT2D eigenvalue weighted by molar-refractivity contribution is 0.0330. The Hall–Kier alpha value is -1.61. The minimum absolute atomic E-state index is 0.466. The molecule has 3 heterocycles. The van der Waals surface area contributed by atoms with E-state index < -0.39 is 0 Å². The lowest BCUT2D eigenvalue weighted by Crippen LogP contribution is -2.60. The van der Waals surface area contributed by atoms with Gasteiger partial charge in [-0.05, 0) is 42.2 Å². The number of benzene rings is 1. The summed E-state index contributed by atoms with van der Waals surface area (Å²) in [4.78, 5) is 4.40. The van der Waals surface area contributed by atoms with Crippen LogP contribution in [0.3, 0.4) is 0 Å². The highest BCUT2D eigenvalue weighted by atomic mass is 16.5. The maximum atomic E-state index is 6.02. The van der Waals surface area contributed by atoms with Crippen LogP contribution in [0.4, 0.5) is 0 Å². The molecule has 1 N–H and O–H groups in total. The van der Waals surface area contributed by atoms with Crippen LogP contribution < -0.4 is 10.1 Å². The Morgan fingerprint density at radius 1 is 1.25 bits per heavy atom. The average Bonchev–Trinajstić information content (AvgIpc) is 2.45. The lowest BCUT2D eigenvalue weighted by Gasteiger charge is -2.50. The molecular formula is C17H20N2O. The monoisotopic (exact) mass is 268 g/mol. The predicted octanol–water partition coefficient (Wildman–Crippen LogP) is 3.00. The fourth-order valence-electron chi connectivity index (χ4n) is 3.59. The standard InChI is InChI=1S/C17H20N2O/c1-11-13-8-14(9-13)19-16(11)10-20-17-15-5-3-2-4-12(15)6-7-18-17/h2-7,11,13-14,16,19H,8-10H2,1H3. The van der Waals surface area contributed by atoms with Gasteiger partial charge in [0.2, 0.25) is 5.88 Å². The molecule has 3 heteroatoms. The quantitative estimate of drug-likeness (QED) is 0.929. The molecule has 104 valence electrons. The molecule has 1 saturated carbocycles. The number of pyridine rings is 1. The largest absolute Gasteiger partial charge is 0.476 e. The molecule has 0 spiro atoms. The van der Waals surface area contributed by atoms with Crippen LogP contribution >= 0.6 is 0 Å². The van der Waals surface area contributed by atoms with Crippen molar-refractivity contribution in [2.75, 3.05) is 6.61 Å². The van der Waals surface area contributed by atoms with Crippen molar-refractivity contribution in [3.8, 4) is 5.88 Å². The third-order valence-corrected chi connectivity index (χ3v) is 5.04. The summed E-state index contributed by atoms with van der Waals surface area (Å²) < 4.78 is 6.02. The summed E-state index contributed by atoms with van der Waals surface area (Å²) in [5.74, 6) is 2.36. The number of hydrogen-bond donors (Lipinski definition) is 1. The Labute approximate surface area is 119 Å². The van der Waals surface area contributed by atoms with Crippen LogP contribution in [0, 0.1) is 11.8 Å². The fraction of sp³-hybridized carbons (Fsp3) is 0.471. The first-order valence-electron chi connectivity index (χ1n) is 7.54. The van der Waals surface area contributed by atoms with Crippen LogP contribution in [-0.4, -0.2) is 23.7 Å². The molecule has 3 nitrogen and oxygen atoms in total. The number of nitrogens with zero attached hydrogens (tertiary/aromatic N) is 1. The normalized spacial score (nSPS) is 31.9. The molecule has 0 amide bonds. The van der Waals surface area contributed by atoms with E-state index in [0.29, 0.717) is 12.0 Å². The summed E-state index contributed by atoms with van der Waals surface area (Å²) in [5.41, 5.74) is 0. The van der Waals surface area contributed by atoms with Gasteiger partial charge in [0.15, 0.2) is 0 Å². The third kappa shape index (κ3) is 1.97. The van der Waals surface area contributed by atoms with Crippen molar-refractivity contribution in [2.24, 2.45) is 11.8 Å². The Morgan fingerprint density at radius 2 is 2.10 bits per heavy atom. The molecule has 2 saturated heterocycles. The van der Waals surface area contributed by atoms with E-state index in [1.807, 2.05) is 24.4 Å². The van der Waals surface area contributed by atoms with E-state index in [1.165, 1.54) is 18.2 Å². The van der Waals surface area contributed by atoms with Gasteiger partial charge in [-0.25, -0.2) is 4.98 Å². The van der Waals surface area contributed by atoms with E-state index >= 15 is 0 Å². The second kappa shape index (κ2) is 4.74. The van der Waals surface area contributed by atoms with E-state index in [9.17, 15) is 0 Å². The molecule has 3 aliphatic rings.